The van der Waals surface area contributed by atoms with E-state index < -0.39 is 0 Å². The van der Waals surface area contributed by atoms with E-state index in [2.05, 4.69) is 11.0 Å². The van der Waals surface area contributed by atoms with Crippen molar-refractivity contribution in [2.75, 3.05) is 26.2 Å². The van der Waals surface area contributed by atoms with Gasteiger partial charge in [-0.1, -0.05) is 47.5 Å². The van der Waals surface area contributed by atoms with Crippen molar-refractivity contribution in [1.82, 2.24) is 4.90 Å². The molecule has 0 aliphatic carbocycles. The molecule has 1 aliphatic heterocycles. The van der Waals surface area contributed by atoms with E-state index in [4.69, 9.17) is 33.2 Å². The van der Waals surface area contributed by atoms with Crippen LogP contribution in [0, 0.1) is 17.2 Å². The molecular formula is C21H22Cl2N2O. The van der Waals surface area contributed by atoms with Gasteiger partial charge in [0, 0.05) is 23.1 Å². The zero-order valence-corrected chi connectivity index (χ0v) is 16.1. The van der Waals surface area contributed by atoms with Gasteiger partial charge in [0.25, 0.3) is 0 Å². The summed E-state index contributed by atoms with van der Waals surface area (Å²) < 4.78 is 6.25. The largest absolute Gasteiger partial charge is 0.367 e. The molecule has 2 aromatic rings. The van der Waals surface area contributed by atoms with Crippen molar-refractivity contribution >= 4 is 23.2 Å². The van der Waals surface area contributed by atoms with E-state index in [1.54, 1.807) is 0 Å². The number of likely N-dealkylation sites (tertiary alicyclic amines) is 1. The van der Waals surface area contributed by atoms with Gasteiger partial charge in [0.1, 0.15) is 6.10 Å². The maximum absolute atomic E-state index is 9.14. The molecule has 5 heteroatoms. The summed E-state index contributed by atoms with van der Waals surface area (Å²) in [5, 5.41) is 10.6. The minimum atomic E-state index is -0.166. The van der Waals surface area contributed by atoms with Crippen LogP contribution in [0.5, 0.6) is 0 Å². The molecule has 1 heterocycles. The van der Waals surface area contributed by atoms with E-state index in [-0.39, 0.29) is 12.0 Å². The molecule has 26 heavy (non-hydrogen) atoms. The summed E-state index contributed by atoms with van der Waals surface area (Å²) in [6, 6.07) is 17.9. The molecule has 0 aromatic heterocycles. The lowest BCUT2D eigenvalue weighted by Crippen LogP contribution is -2.37. The van der Waals surface area contributed by atoms with Crippen LogP contribution in [-0.4, -0.2) is 31.1 Å². The molecule has 136 valence electrons. The molecule has 0 bridgehead atoms. The molecule has 0 N–H and O–H groups in total. The maximum atomic E-state index is 9.14. The Balaban J connectivity index is 1.67. The number of hydrogen-bond acceptors (Lipinski definition) is 3. The van der Waals surface area contributed by atoms with Gasteiger partial charge in [-0.05, 0) is 54.8 Å². The van der Waals surface area contributed by atoms with E-state index in [1.165, 1.54) is 0 Å². The standard InChI is InChI=1S/C21H22Cl2N2O/c22-19-7-3-17(4-8-19)21(18-5-9-20(23)10-6-18)26-13-12-25-11-1-2-16(14-24)15-25/h3-10,16,21H,1-2,11-13,15H2. The Bertz CT molecular complexity index is 695. The van der Waals surface area contributed by atoms with Gasteiger partial charge in [-0.15, -0.1) is 0 Å². The van der Waals surface area contributed by atoms with Gasteiger partial charge in [0.05, 0.1) is 18.6 Å². The fraction of sp³-hybridized carbons (Fsp3) is 0.381. The second-order valence-corrected chi connectivity index (χ2v) is 7.50. The number of hydrogen-bond donors (Lipinski definition) is 0. The second kappa shape index (κ2) is 9.39. The number of halogens is 2. The first-order valence-electron chi connectivity index (χ1n) is 8.90. The summed E-state index contributed by atoms with van der Waals surface area (Å²) in [7, 11) is 0. The average Bonchev–Trinajstić information content (AvgIpc) is 2.67. The number of rotatable bonds is 6. The molecule has 0 saturated carbocycles. The fourth-order valence-electron chi connectivity index (χ4n) is 3.32. The third-order valence-electron chi connectivity index (χ3n) is 4.73. The molecule has 3 nitrogen and oxygen atoms in total. The Kier molecular flexibility index (Phi) is 6.93. The third-order valence-corrected chi connectivity index (χ3v) is 5.23. The number of nitrogens with zero attached hydrogens (tertiary/aromatic N) is 2. The Morgan fingerprint density at radius 2 is 1.62 bits per heavy atom. The van der Waals surface area contributed by atoms with Crippen molar-refractivity contribution in [2.45, 2.75) is 18.9 Å². The van der Waals surface area contributed by atoms with Gasteiger partial charge in [-0.3, -0.25) is 4.90 Å². The molecule has 1 saturated heterocycles. The second-order valence-electron chi connectivity index (χ2n) is 6.62. The van der Waals surface area contributed by atoms with Crippen molar-refractivity contribution in [3.8, 4) is 6.07 Å². The van der Waals surface area contributed by atoms with Crippen molar-refractivity contribution in [1.29, 1.82) is 5.26 Å². The van der Waals surface area contributed by atoms with Gasteiger partial charge in [-0.2, -0.15) is 5.26 Å². The highest BCUT2D eigenvalue weighted by molar-refractivity contribution is 6.30. The highest BCUT2D eigenvalue weighted by atomic mass is 35.5. The predicted molar refractivity (Wildman–Crippen MR) is 105 cm³/mol. The number of ether oxygens (including phenoxy) is 1. The van der Waals surface area contributed by atoms with Crippen LogP contribution >= 0.6 is 23.2 Å². The van der Waals surface area contributed by atoms with Crippen LogP contribution in [0.3, 0.4) is 0 Å². The number of piperidine rings is 1. The molecular weight excluding hydrogens is 367 g/mol. The van der Waals surface area contributed by atoms with Crippen molar-refractivity contribution in [3.63, 3.8) is 0 Å². The van der Waals surface area contributed by atoms with Gasteiger partial charge in [0.2, 0.25) is 0 Å². The SMILES string of the molecule is N#CC1CCCN(CCOC(c2ccc(Cl)cc2)c2ccc(Cl)cc2)C1. The molecule has 0 spiro atoms. The van der Waals surface area contributed by atoms with Crippen LogP contribution < -0.4 is 0 Å². The monoisotopic (exact) mass is 388 g/mol. The van der Waals surface area contributed by atoms with E-state index in [1.807, 2.05) is 48.5 Å². The summed E-state index contributed by atoms with van der Waals surface area (Å²) in [5.41, 5.74) is 2.12. The van der Waals surface area contributed by atoms with E-state index in [0.717, 1.165) is 43.6 Å². The molecule has 1 fully saturated rings. The van der Waals surface area contributed by atoms with E-state index in [0.29, 0.717) is 16.7 Å². The highest BCUT2D eigenvalue weighted by Gasteiger charge is 2.20. The lowest BCUT2D eigenvalue weighted by molar-refractivity contribution is 0.0525. The molecule has 2 aromatic carbocycles. The maximum Gasteiger partial charge on any atom is 0.108 e. The highest BCUT2D eigenvalue weighted by Crippen LogP contribution is 2.28. The van der Waals surface area contributed by atoms with Crippen LogP contribution in [0.1, 0.15) is 30.1 Å². The smallest absolute Gasteiger partial charge is 0.108 e. The summed E-state index contributed by atoms with van der Waals surface area (Å²) in [4.78, 5) is 2.32. The minimum Gasteiger partial charge on any atom is -0.367 e. The third kappa shape index (κ3) is 5.22. The fourth-order valence-corrected chi connectivity index (χ4v) is 3.58. The molecule has 1 atom stereocenters. The summed E-state index contributed by atoms with van der Waals surface area (Å²) in [6.07, 6.45) is 1.92. The molecule has 1 unspecified atom stereocenters. The Morgan fingerprint density at radius 3 is 2.15 bits per heavy atom. The Morgan fingerprint density at radius 1 is 1.04 bits per heavy atom. The van der Waals surface area contributed by atoms with Crippen LogP contribution in [0.2, 0.25) is 10.0 Å². The van der Waals surface area contributed by atoms with Gasteiger partial charge in [-0.25, -0.2) is 0 Å². The van der Waals surface area contributed by atoms with E-state index in [9.17, 15) is 0 Å². The summed E-state index contributed by atoms with van der Waals surface area (Å²) in [5.74, 6) is 0.145. The van der Waals surface area contributed by atoms with Gasteiger partial charge in [0.15, 0.2) is 0 Å². The van der Waals surface area contributed by atoms with Crippen molar-refractivity contribution in [2.24, 2.45) is 5.92 Å². The van der Waals surface area contributed by atoms with E-state index >= 15 is 0 Å². The molecule has 1 aliphatic rings. The summed E-state index contributed by atoms with van der Waals surface area (Å²) >= 11 is 12.1. The first-order chi connectivity index (χ1) is 12.7. The average molecular weight is 389 g/mol. The Hall–Kier alpha value is -1.57. The first kappa shape index (κ1) is 19.2. The lowest BCUT2D eigenvalue weighted by atomic mass is 10.00. The van der Waals surface area contributed by atoms with Crippen LogP contribution in [0.15, 0.2) is 48.5 Å². The van der Waals surface area contributed by atoms with Gasteiger partial charge < -0.3 is 4.74 Å². The van der Waals surface area contributed by atoms with Gasteiger partial charge >= 0.3 is 0 Å². The topological polar surface area (TPSA) is 36.3 Å². The normalized spacial score (nSPS) is 18.0. The Labute approximate surface area is 165 Å². The first-order valence-corrected chi connectivity index (χ1v) is 9.66. The quantitative estimate of drug-likeness (QED) is 0.670. The molecule has 0 radical (unpaired) electrons. The summed E-state index contributed by atoms with van der Waals surface area (Å²) in [6.45, 7) is 3.31. The zero-order chi connectivity index (χ0) is 18.4. The van der Waals surface area contributed by atoms with Crippen LogP contribution in [0.4, 0.5) is 0 Å². The molecule has 3 rings (SSSR count). The van der Waals surface area contributed by atoms with Crippen molar-refractivity contribution in [3.05, 3.63) is 69.7 Å². The van der Waals surface area contributed by atoms with Crippen LogP contribution in [-0.2, 0) is 4.74 Å². The van der Waals surface area contributed by atoms with Crippen molar-refractivity contribution < 1.29 is 4.74 Å². The molecule has 0 amide bonds. The predicted octanol–water partition coefficient (Wildman–Crippen LogP) is 5.33. The lowest BCUT2D eigenvalue weighted by Gasteiger charge is -2.30. The number of benzene rings is 2. The minimum absolute atomic E-state index is 0.145. The number of nitriles is 1. The van der Waals surface area contributed by atoms with Crippen LogP contribution in [0.25, 0.3) is 0 Å². The zero-order valence-electron chi connectivity index (χ0n) is 14.6.